The van der Waals surface area contributed by atoms with Crippen LogP contribution in [0, 0.1) is 6.92 Å². The number of hydrogen-bond acceptors (Lipinski definition) is 1. The highest BCUT2D eigenvalue weighted by atomic mass is 15.3. The maximum Gasteiger partial charge on any atom is 0.322 e. The molecule has 1 heterocycles. The molecule has 0 bridgehead atoms. The number of rotatable bonds is 2. The summed E-state index contributed by atoms with van der Waals surface area (Å²) in [4.78, 5) is 4.45. The number of nitrogens with zero attached hydrogens (tertiary/aromatic N) is 2. The van der Waals surface area contributed by atoms with E-state index in [2.05, 4.69) is 21.7 Å². The lowest BCUT2D eigenvalue weighted by Crippen LogP contribution is -2.38. The molecule has 1 aliphatic carbocycles. The molecular formula is C8H14N3+. The minimum Gasteiger partial charge on any atom is -0.191 e. The molecule has 1 saturated carbocycles. The van der Waals surface area contributed by atoms with E-state index in [9.17, 15) is 0 Å². The van der Waals surface area contributed by atoms with E-state index >= 15 is 0 Å². The van der Waals surface area contributed by atoms with Crippen LogP contribution < -0.4 is 4.68 Å². The van der Waals surface area contributed by atoms with E-state index in [0.717, 1.165) is 18.3 Å². The summed E-state index contributed by atoms with van der Waals surface area (Å²) in [5.74, 6) is 3.04. The number of hydrogen-bond donors (Lipinski definition) is 1. The van der Waals surface area contributed by atoms with Crippen molar-refractivity contribution in [3.63, 3.8) is 0 Å². The third kappa shape index (κ3) is 1.15. The summed E-state index contributed by atoms with van der Waals surface area (Å²) < 4.78 is 2.15. The Balaban J connectivity index is 2.34. The van der Waals surface area contributed by atoms with Crippen LogP contribution in [0.3, 0.4) is 0 Å². The predicted octanol–water partition coefficient (Wildman–Crippen LogP) is 0.903. The van der Waals surface area contributed by atoms with Crippen molar-refractivity contribution in [2.75, 3.05) is 0 Å². The molecule has 60 valence electrons. The van der Waals surface area contributed by atoms with Crippen molar-refractivity contribution in [1.29, 1.82) is 0 Å². The van der Waals surface area contributed by atoms with Crippen LogP contribution in [0.2, 0.25) is 0 Å². The van der Waals surface area contributed by atoms with Crippen LogP contribution in [0.1, 0.15) is 37.3 Å². The highest BCUT2D eigenvalue weighted by molar-refractivity contribution is 4.99. The Morgan fingerprint density at radius 2 is 2.36 bits per heavy atom. The van der Waals surface area contributed by atoms with E-state index < -0.39 is 0 Å². The van der Waals surface area contributed by atoms with Crippen LogP contribution in [0.15, 0.2) is 0 Å². The summed E-state index contributed by atoms with van der Waals surface area (Å²) in [6, 6.07) is 0. The number of aryl methyl sites for hydroxylation is 2. The van der Waals surface area contributed by atoms with Gasteiger partial charge in [0.05, 0.1) is 5.92 Å². The lowest BCUT2D eigenvalue weighted by Gasteiger charge is -1.89. The highest BCUT2D eigenvalue weighted by Gasteiger charge is 2.35. The summed E-state index contributed by atoms with van der Waals surface area (Å²) in [6.45, 7) is 5.16. The van der Waals surface area contributed by atoms with Crippen LogP contribution in [-0.2, 0) is 6.54 Å². The van der Waals surface area contributed by atoms with Gasteiger partial charge in [0.15, 0.2) is 0 Å². The Hall–Kier alpha value is -0.860. The van der Waals surface area contributed by atoms with Gasteiger partial charge in [-0.3, -0.25) is 0 Å². The van der Waals surface area contributed by atoms with E-state index in [4.69, 9.17) is 0 Å². The zero-order chi connectivity index (χ0) is 7.84. The monoisotopic (exact) mass is 152 g/mol. The molecule has 1 N–H and O–H groups in total. The van der Waals surface area contributed by atoms with Crippen molar-refractivity contribution >= 4 is 0 Å². The third-order valence-corrected chi connectivity index (χ3v) is 2.11. The zero-order valence-electron chi connectivity index (χ0n) is 7.09. The summed E-state index contributed by atoms with van der Waals surface area (Å²) in [7, 11) is 0. The minimum absolute atomic E-state index is 0.750. The number of aromatic amines is 1. The van der Waals surface area contributed by atoms with Crippen molar-refractivity contribution in [3.8, 4) is 0 Å². The van der Waals surface area contributed by atoms with Crippen LogP contribution in [0.25, 0.3) is 0 Å². The summed E-state index contributed by atoms with van der Waals surface area (Å²) in [5.41, 5.74) is 0. The van der Waals surface area contributed by atoms with E-state index in [1.54, 1.807) is 0 Å². The fourth-order valence-electron chi connectivity index (χ4n) is 1.40. The Morgan fingerprint density at radius 3 is 2.91 bits per heavy atom. The van der Waals surface area contributed by atoms with Gasteiger partial charge in [-0.15, -0.1) is 0 Å². The number of H-pyrrole nitrogens is 1. The standard InChI is InChI=1S/C8H13N3/c1-3-11-8(7-4-5-7)9-6(2)10-11/h7H,3-5H2,1-2H3/p+1. The molecule has 11 heavy (non-hydrogen) atoms. The first-order valence-electron chi connectivity index (χ1n) is 4.27. The van der Waals surface area contributed by atoms with Crippen LogP contribution in [-0.4, -0.2) is 10.1 Å². The molecule has 0 amide bonds. The summed E-state index contributed by atoms with van der Waals surface area (Å²) in [5, 5.41) is 3.22. The smallest absolute Gasteiger partial charge is 0.191 e. The molecule has 0 aliphatic heterocycles. The van der Waals surface area contributed by atoms with Gasteiger partial charge in [0.25, 0.3) is 0 Å². The summed E-state index contributed by atoms with van der Waals surface area (Å²) >= 11 is 0. The molecule has 0 radical (unpaired) electrons. The van der Waals surface area contributed by atoms with Gasteiger partial charge in [0.1, 0.15) is 6.54 Å². The fourth-order valence-corrected chi connectivity index (χ4v) is 1.40. The second-order valence-electron chi connectivity index (χ2n) is 3.19. The van der Waals surface area contributed by atoms with Crippen molar-refractivity contribution in [2.24, 2.45) is 0 Å². The van der Waals surface area contributed by atoms with Gasteiger partial charge in [-0.05, 0) is 24.7 Å². The van der Waals surface area contributed by atoms with Gasteiger partial charge in [0.2, 0.25) is 5.82 Å². The average molecular weight is 152 g/mol. The van der Waals surface area contributed by atoms with Crippen LogP contribution in [0.4, 0.5) is 0 Å². The molecule has 1 aromatic heterocycles. The SMILES string of the molecule is CC[n+]1[nH]c(C)nc1C1CC1. The lowest BCUT2D eigenvalue weighted by atomic mass is 10.4. The first kappa shape index (κ1) is 6.83. The topological polar surface area (TPSA) is 32.6 Å². The maximum absolute atomic E-state index is 4.45. The lowest BCUT2D eigenvalue weighted by molar-refractivity contribution is -0.755. The first-order valence-corrected chi connectivity index (χ1v) is 4.27. The van der Waals surface area contributed by atoms with E-state index in [0.29, 0.717) is 0 Å². The van der Waals surface area contributed by atoms with E-state index in [1.807, 2.05) is 6.92 Å². The van der Waals surface area contributed by atoms with Crippen molar-refractivity contribution < 1.29 is 4.68 Å². The van der Waals surface area contributed by atoms with E-state index in [-0.39, 0.29) is 0 Å². The minimum atomic E-state index is 0.750. The zero-order valence-corrected chi connectivity index (χ0v) is 7.09. The molecule has 3 nitrogen and oxygen atoms in total. The average Bonchev–Trinajstić information content (AvgIpc) is 2.75. The van der Waals surface area contributed by atoms with Gasteiger partial charge < -0.3 is 0 Å². The van der Waals surface area contributed by atoms with Gasteiger partial charge in [0, 0.05) is 6.92 Å². The molecule has 2 rings (SSSR count). The Kier molecular flexibility index (Phi) is 1.44. The molecule has 1 aromatic rings. The van der Waals surface area contributed by atoms with Crippen molar-refractivity contribution in [2.45, 2.75) is 39.2 Å². The molecule has 0 atom stereocenters. The second kappa shape index (κ2) is 2.32. The van der Waals surface area contributed by atoms with Crippen LogP contribution >= 0.6 is 0 Å². The van der Waals surface area contributed by atoms with Gasteiger partial charge in [-0.2, -0.15) is 9.78 Å². The number of aromatic nitrogens is 3. The van der Waals surface area contributed by atoms with Crippen molar-refractivity contribution in [1.82, 2.24) is 10.1 Å². The van der Waals surface area contributed by atoms with Crippen molar-refractivity contribution in [3.05, 3.63) is 11.6 Å². The normalized spacial score (nSPS) is 17.3. The molecule has 1 aliphatic rings. The largest absolute Gasteiger partial charge is 0.322 e. The van der Waals surface area contributed by atoms with Gasteiger partial charge >= 0.3 is 5.82 Å². The fraction of sp³-hybridized carbons (Fsp3) is 0.750. The number of nitrogens with one attached hydrogen (secondary N) is 1. The second-order valence-corrected chi connectivity index (χ2v) is 3.19. The third-order valence-electron chi connectivity index (χ3n) is 2.11. The molecule has 3 heteroatoms. The Bertz CT molecular complexity index is 260. The Labute approximate surface area is 66.4 Å². The van der Waals surface area contributed by atoms with Gasteiger partial charge in [-0.25, -0.2) is 0 Å². The molecule has 1 fully saturated rings. The molecule has 0 spiro atoms. The quantitative estimate of drug-likeness (QED) is 0.627. The summed E-state index contributed by atoms with van der Waals surface area (Å²) in [6.07, 6.45) is 2.65. The molecule has 0 aromatic carbocycles. The maximum atomic E-state index is 4.45. The molecular weight excluding hydrogens is 138 g/mol. The Morgan fingerprint density at radius 1 is 1.64 bits per heavy atom. The van der Waals surface area contributed by atoms with Gasteiger partial charge in [-0.1, -0.05) is 0 Å². The van der Waals surface area contributed by atoms with Crippen LogP contribution in [0.5, 0.6) is 0 Å². The molecule has 0 saturated heterocycles. The molecule has 0 unspecified atom stereocenters. The predicted molar refractivity (Wildman–Crippen MR) is 41.2 cm³/mol. The first-order chi connectivity index (χ1) is 5.31. The highest BCUT2D eigenvalue weighted by Crippen LogP contribution is 2.37. The van der Waals surface area contributed by atoms with E-state index in [1.165, 1.54) is 18.7 Å².